The Morgan fingerprint density at radius 1 is 1.00 bits per heavy atom. The van der Waals surface area contributed by atoms with E-state index in [4.69, 9.17) is 4.74 Å². The van der Waals surface area contributed by atoms with Crippen molar-refractivity contribution in [3.8, 4) is 11.3 Å². The van der Waals surface area contributed by atoms with Crippen LogP contribution in [-0.2, 0) is 42.6 Å². The van der Waals surface area contributed by atoms with E-state index >= 15 is 4.39 Å². The molecule has 4 aromatic rings. The van der Waals surface area contributed by atoms with Crippen LogP contribution in [-0.4, -0.2) is 75.7 Å². The number of ether oxygens (including phenoxy) is 1. The van der Waals surface area contributed by atoms with Crippen LogP contribution in [0.1, 0.15) is 47.1 Å². The first-order chi connectivity index (χ1) is 23.2. The maximum absolute atomic E-state index is 15.5. The highest BCUT2D eigenvalue weighted by Crippen LogP contribution is 2.36. The van der Waals surface area contributed by atoms with Gasteiger partial charge in [0.1, 0.15) is 23.9 Å². The van der Waals surface area contributed by atoms with Crippen molar-refractivity contribution in [3.63, 3.8) is 0 Å². The van der Waals surface area contributed by atoms with Crippen LogP contribution in [0.25, 0.3) is 11.3 Å². The number of aryl methyl sites for hydroxylation is 2. The summed E-state index contributed by atoms with van der Waals surface area (Å²) in [6.45, 7) is 5.64. The number of hydrogen-bond acceptors (Lipinski definition) is 9. The predicted molar refractivity (Wildman–Crippen MR) is 180 cm³/mol. The molecule has 0 unspecified atom stereocenters. The van der Waals surface area contributed by atoms with Crippen LogP contribution in [0.4, 0.5) is 27.4 Å². The maximum Gasteiger partial charge on any atom is 0.302 e. The number of amides is 1. The number of nitrogens with one attached hydrogen (secondary N) is 1. The van der Waals surface area contributed by atoms with Crippen molar-refractivity contribution in [2.24, 2.45) is 7.05 Å². The molecular formula is C35H39FN8O4. The van der Waals surface area contributed by atoms with Gasteiger partial charge in [-0.15, -0.1) is 0 Å². The molecule has 13 heteroatoms. The number of hydrogen-bond donors (Lipinski definition) is 1. The molecule has 12 nitrogen and oxygen atoms in total. The molecule has 5 heterocycles. The molecule has 3 aliphatic rings. The molecule has 1 saturated heterocycles. The lowest BCUT2D eigenvalue weighted by Crippen LogP contribution is -2.44. The van der Waals surface area contributed by atoms with Crippen molar-refractivity contribution in [3.05, 3.63) is 81.4 Å². The average Bonchev–Trinajstić information content (AvgIpc) is 3.46. The van der Waals surface area contributed by atoms with Crippen LogP contribution in [0.5, 0.6) is 0 Å². The number of carbonyl (C=O) groups is 2. The molecule has 7 rings (SSSR count). The first kappa shape index (κ1) is 31.6. The molecule has 0 saturated carbocycles. The van der Waals surface area contributed by atoms with Gasteiger partial charge in [0.05, 0.1) is 23.3 Å². The monoisotopic (exact) mass is 654 g/mol. The Bertz CT molecular complexity index is 1950. The summed E-state index contributed by atoms with van der Waals surface area (Å²) >= 11 is 0. The number of aromatic nitrogens is 4. The molecule has 0 spiro atoms. The van der Waals surface area contributed by atoms with Gasteiger partial charge >= 0.3 is 5.97 Å². The van der Waals surface area contributed by atoms with Crippen LogP contribution in [0.15, 0.2) is 47.5 Å². The van der Waals surface area contributed by atoms with Gasteiger partial charge in [-0.2, -0.15) is 0 Å². The first-order valence-electron chi connectivity index (χ1n) is 16.4. The summed E-state index contributed by atoms with van der Waals surface area (Å²) in [5.74, 6) is -0.477. The lowest BCUT2D eigenvalue weighted by molar-refractivity contribution is -0.142. The lowest BCUT2D eigenvalue weighted by Gasteiger charge is -2.33. The van der Waals surface area contributed by atoms with Gasteiger partial charge in [-0.05, 0) is 68.6 Å². The third kappa shape index (κ3) is 6.05. The summed E-state index contributed by atoms with van der Waals surface area (Å²) in [7, 11) is 3.68. The summed E-state index contributed by atoms with van der Waals surface area (Å²) in [6.07, 6.45) is 7.23. The van der Waals surface area contributed by atoms with Gasteiger partial charge in [0.15, 0.2) is 5.82 Å². The minimum atomic E-state index is -0.589. The molecule has 1 amide bonds. The molecule has 250 valence electrons. The van der Waals surface area contributed by atoms with Crippen LogP contribution in [0.3, 0.4) is 0 Å². The van der Waals surface area contributed by atoms with E-state index in [2.05, 4.69) is 36.7 Å². The van der Waals surface area contributed by atoms with Gasteiger partial charge in [0.25, 0.3) is 11.5 Å². The van der Waals surface area contributed by atoms with Gasteiger partial charge in [-0.3, -0.25) is 14.4 Å². The Hall–Kier alpha value is -5.04. The number of anilines is 4. The topological polar surface area (TPSA) is 118 Å². The van der Waals surface area contributed by atoms with E-state index in [1.54, 1.807) is 18.1 Å². The number of rotatable bonds is 7. The van der Waals surface area contributed by atoms with E-state index in [-0.39, 0.29) is 24.0 Å². The number of fused-ring (bicyclic) bond motifs is 3. The number of halogens is 1. The van der Waals surface area contributed by atoms with Crippen molar-refractivity contribution in [1.82, 2.24) is 24.0 Å². The fourth-order valence-corrected chi connectivity index (χ4v) is 6.92. The number of carbonyl (C=O) groups excluding carboxylic acids is 2. The third-order valence-electron chi connectivity index (χ3n) is 9.51. The quantitative estimate of drug-likeness (QED) is 0.297. The molecule has 2 aliphatic heterocycles. The Balaban J connectivity index is 1.24. The first-order valence-corrected chi connectivity index (χ1v) is 16.4. The number of nitrogens with zero attached hydrogens (tertiary/aromatic N) is 7. The zero-order chi connectivity index (χ0) is 33.5. The smallest absolute Gasteiger partial charge is 0.302 e. The summed E-state index contributed by atoms with van der Waals surface area (Å²) in [5.41, 5.74) is 4.46. The fourth-order valence-electron chi connectivity index (χ4n) is 6.92. The second kappa shape index (κ2) is 12.9. The summed E-state index contributed by atoms with van der Waals surface area (Å²) in [4.78, 5) is 54.5. The molecule has 0 bridgehead atoms. The molecule has 1 fully saturated rings. The summed E-state index contributed by atoms with van der Waals surface area (Å²) < 4.78 is 24.4. The average molecular weight is 655 g/mol. The second-order valence-electron chi connectivity index (χ2n) is 12.8. The Morgan fingerprint density at radius 3 is 2.54 bits per heavy atom. The van der Waals surface area contributed by atoms with Gasteiger partial charge in [-0.25, -0.2) is 14.4 Å². The number of esters is 1. The highest BCUT2D eigenvalue weighted by atomic mass is 19.1. The normalized spacial score (nSPS) is 16.5. The predicted octanol–water partition coefficient (Wildman–Crippen LogP) is 3.88. The van der Waals surface area contributed by atoms with Gasteiger partial charge < -0.3 is 33.9 Å². The number of pyridine rings is 1. The van der Waals surface area contributed by atoms with E-state index in [1.165, 1.54) is 41.1 Å². The van der Waals surface area contributed by atoms with E-state index in [9.17, 15) is 14.4 Å². The van der Waals surface area contributed by atoms with E-state index in [1.807, 2.05) is 18.2 Å². The van der Waals surface area contributed by atoms with E-state index in [0.29, 0.717) is 41.3 Å². The van der Waals surface area contributed by atoms with Gasteiger partial charge in [0.2, 0.25) is 0 Å². The number of likely N-dealkylation sites (N-methyl/N-ethyl adjacent to an activating group) is 1. The molecule has 48 heavy (non-hydrogen) atoms. The maximum atomic E-state index is 15.5. The van der Waals surface area contributed by atoms with Crippen molar-refractivity contribution in [2.75, 3.05) is 54.9 Å². The largest absolute Gasteiger partial charge is 0.461 e. The Morgan fingerprint density at radius 2 is 1.79 bits per heavy atom. The van der Waals surface area contributed by atoms with Crippen molar-refractivity contribution in [2.45, 2.75) is 45.8 Å². The van der Waals surface area contributed by atoms with Crippen LogP contribution in [0.2, 0.25) is 0 Å². The zero-order valence-electron chi connectivity index (χ0n) is 27.5. The summed E-state index contributed by atoms with van der Waals surface area (Å²) in [5, 5.41) is 3.08. The minimum absolute atomic E-state index is 0.0193. The van der Waals surface area contributed by atoms with E-state index in [0.717, 1.165) is 57.7 Å². The highest BCUT2D eigenvalue weighted by molar-refractivity contribution is 6.07. The molecule has 0 atom stereocenters. The van der Waals surface area contributed by atoms with Crippen molar-refractivity contribution < 1.29 is 18.7 Å². The number of piperazine rings is 1. The molecule has 1 aliphatic carbocycles. The fraction of sp³-hybridized carbons (Fsp3) is 0.400. The Labute approximate surface area is 277 Å². The third-order valence-corrected chi connectivity index (χ3v) is 9.51. The Kier molecular flexibility index (Phi) is 8.46. The molecule has 3 aromatic heterocycles. The SMILES string of the molecule is CC(=O)OCc1c(-c2cn(C)c(=O)c(Nc3ccc(N4CCN(C)CC4)nc3)n2)cc(F)cc1N1CCn2c(cc3c2CCCC3)C1=O. The molecule has 1 N–H and O–H groups in total. The molecule has 0 radical (unpaired) electrons. The van der Waals surface area contributed by atoms with Gasteiger partial charge in [0, 0.05) is 76.3 Å². The van der Waals surface area contributed by atoms with E-state index < -0.39 is 17.3 Å². The van der Waals surface area contributed by atoms with Crippen LogP contribution in [0, 0.1) is 5.82 Å². The van der Waals surface area contributed by atoms with Crippen molar-refractivity contribution in [1.29, 1.82) is 0 Å². The minimum Gasteiger partial charge on any atom is -0.461 e. The highest BCUT2D eigenvalue weighted by Gasteiger charge is 2.32. The second-order valence-corrected chi connectivity index (χ2v) is 12.8. The van der Waals surface area contributed by atoms with Crippen LogP contribution < -0.4 is 20.7 Å². The number of benzene rings is 1. The van der Waals surface area contributed by atoms with Crippen molar-refractivity contribution >= 4 is 34.9 Å². The van der Waals surface area contributed by atoms with Gasteiger partial charge in [-0.1, -0.05) is 0 Å². The zero-order valence-corrected chi connectivity index (χ0v) is 27.5. The standard InChI is InChI=1S/C35H39FN8O4/c1-22(45)48-21-27-26(17-24(36)18-30(27)44-15-14-43-29-7-5-4-6-23(29)16-31(43)34(44)46)28-20-41(3)35(47)33(39-28)38-25-8-9-32(37-19-25)42-12-10-40(2)11-13-42/h8-9,16-20H,4-7,10-15,21H2,1-3H3,(H,38,39). The summed E-state index contributed by atoms with van der Waals surface area (Å²) in [6, 6.07) is 8.31. The van der Waals surface area contributed by atoms with Crippen LogP contribution >= 0.6 is 0 Å². The molecule has 1 aromatic carbocycles. The lowest BCUT2D eigenvalue weighted by atomic mass is 9.98. The molecular weight excluding hydrogens is 615 g/mol.